The summed E-state index contributed by atoms with van der Waals surface area (Å²) < 4.78 is 1.99. The lowest BCUT2D eigenvalue weighted by Gasteiger charge is -2.29. The summed E-state index contributed by atoms with van der Waals surface area (Å²) in [7, 11) is 0. The van der Waals surface area contributed by atoms with Crippen LogP contribution >= 0.6 is 0 Å². The summed E-state index contributed by atoms with van der Waals surface area (Å²) in [6, 6.07) is 15.8. The number of hydrogen-bond donors (Lipinski definition) is 2. The molecule has 0 saturated heterocycles. The fraction of sp³-hybridized carbons (Fsp3) is 0.167. The molecule has 1 atom stereocenters. The average molecular weight is 291 g/mol. The molecule has 1 unspecified atom stereocenters. The van der Waals surface area contributed by atoms with E-state index in [1.54, 1.807) is 12.1 Å². The first-order valence-electron chi connectivity index (χ1n) is 7.34. The molecular weight excluding hydrogens is 274 g/mol. The Morgan fingerprint density at radius 2 is 1.95 bits per heavy atom. The molecule has 2 heterocycles. The molecule has 3 aromatic rings. The van der Waals surface area contributed by atoms with Crippen molar-refractivity contribution in [3.63, 3.8) is 0 Å². The number of phenolic OH excluding ortho intramolecular Hbond substituents is 1. The molecular formula is C18H17N3O. The molecule has 1 aliphatic rings. The van der Waals surface area contributed by atoms with Crippen LogP contribution in [-0.2, 0) is 0 Å². The zero-order valence-electron chi connectivity index (χ0n) is 12.5. The molecule has 110 valence electrons. The number of aryl methyl sites for hydroxylation is 2. The summed E-state index contributed by atoms with van der Waals surface area (Å²) in [4.78, 5) is 0. The van der Waals surface area contributed by atoms with Crippen molar-refractivity contribution in [2.75, 3.05) is 5.32 Å². The third-order valence-electron chi connectivity index (χ3n) is 4.03. The molecule has 0 radical (unpaired) electrons. The molecule has 1 aliphatic heterocycles. The summed E-state index contributed by atoms with van der Waals surface area (Å²) in [6.45, 7) is 4.09. The number of nitrogens with one attached hydrogen (secondary N) is 1. The van der Waals surface area contributed by atoms with E-state index in [9.17, 15) is 5.11 Å². The maximum Gasteiger partial charge on any atom is 0.147 e. The number of phenols is 1. The molecule has 0 saturated carbocycles. The second-order valence-electron chi connectivity index (χ2n) is 5.81. The van der Waals surface area contributed by atoms with E-state index in [2.05, 4.69) is 41.6 Å². The van der Waals surface area contributed by atoms with Gasteiger partial charge in [-0.3, -0.25) is 0 Å². The molecule has 4 rings (SSSR count). The van der Waals surface area contributed by atoms with Gasteiger partial charge in [0.1, 0.15) is 11.9 Å². The van der Waals surface area contributed by atoms with Gasteiger partial charge < -0.3 is 10.4 Å². The van der Waals surface area contributed by atoms with Gasteiger partial charge in [0.05, 0.1) is 11.4 Å². The summed E-state index contributed by atoms with van der Waals surface area (Å²) in [5, 5.41) is 17.9. The Hall–Kier alpha value is -2.75. The average Bonchev–Trinajstić information content (AvgIpc) is 2.88. The summed E-state index contributed by atoms with van der Waals surface area (Å²) >= 11 is 0. The van der Waals surface area contributed by atoms with Gasteiger partial charge in [-0.25, -0.2) is 4.68 Å². The van der Waals surface area contributed by atoms with Crippen molar-refractivity contribution < 1.29 is 5.11 Å². The minimum Gasteiger partial charge on any atom is -0.508 e. The minimum absolute atomic E-state index is 0.119. The molecule has 2 aromatic carbocycles. The molecule has 0 spiro atoms. The second-order valence-corrected chi connectivity index (χ2v) is 5.81. The van der Waals surface area contributed by atoms with E-state index in [1.807, 2.05) is 23.7 Å². The number of hydrogen-bond acceptors (Lipinski definition) is 3. The van der Waals surface area contributed by atoms with E-state index in [4.69, 9.17) is 0 Å². The van der Waals surface area contributed by atoms with Gasteiger partial charge >= 0.3 is 0 Å². The van der Waals surface area contributed by atoms with Crippen molar-refractivity contribution in [3.05, 3.63) is 65.4 Å². The van der Waals surface area contributed by atoms with Gasteiger partial charge in [-0.2, -0.15) is 5.10 Å². The number of rotatable bonds is 1. The van der Waals surface area contributed by atoms with Gasteiger partial charge in [-0.15, -0.1) is 0 Å². The molecule has 2 N–H and O–H groups in total. The van der Waals surface area contributed by atoms with Crippen LogP contribution in [0.2, 0.25) is 0 Å². The maximum atomic E-state index is 9.77. The third kappa shape index (κ3) is 1.96. The van der Waals surface area contributed by atoms with E-state index < -0.39 is 0 Å². The number of anilines is 1. The Morgan fingerprint density at radius 3 is 2.77 bits per heavy atom. The van der Waals surface area contributed by atoms with Gasteiger partial charge in [-0.05, 0) is 44.2 Å². The normalized spacial score (nSPS) is 15.8. The number of nitrogens with zero attached hydrogens (tertiary/aromatic N) is 2. The Balaban J connectivity index is 1.92. The first-order valence-corrected chi connectivity index (χ1v) is 7.34. The van der Waals surface area contributed by atoms with Crippen LogP contribution in [0, 0.1) is 13.8 Å². The predicted octanol–water partition coefficient (Wildman–Crippen LogP) is 3.84. The van der Waals surface area contributed by atoms with Crippen molar-refractivity contribution in [2.45, 2.75) is 20.0 Å². The molecule has 22 heavy (non-hydrogen) atoms. The second kappa shape index (κ2) is 4.63. The number of aromatic hydroxyl groups is 1. The van der Waals surface area contributed by atoms with E-state index in [1.165, 1.54) is 5.56 Å². The minimum atomic E-state index is -0.119. The van der Waals surface area contributed by atoms with Crippen LogP contribution in [0.3, 0.4) is 0 Å². The molecule has 0 aliphatic carbocycles. The standard InChI is InChI=1S/C18H17N3O/c1-11-6-7-16-15(8-11)17-9-12(2)20-21(17)18(19-16)13-4-3-5-14(22)10-13/h3-10,18-19,22H,1-2H3. The fourth-order valence-electron chi connectivity index (χ4n) is 3.04. The maximum absolute atomic E-state index is 9.77. The largest absolute Gasteiger partial charge is 0.508 e. The molecule has 0 bridgehead atoms. The summed E-state index contributed by atoms with van der Waals surface area (Å²) in [5.41, 5.74) is 6.54. The predicted molar refractivity (Wildman–Crippen MR) is 87.0 cm³/mol. The molecule has 4 heteroatoms. The highest BCUT2D eigenvalue weighted by Crippen LogP contribution is 2.39. The SMILES string of the molecule is Cc1ccc2c(c1)-c1cc(C)nn1C(c1cccc(O)c1)N2. The summed E-state index contributed by atoms with van der Waals surface area (Å²) in [6.07, 6.45) is -0.119. The van der Waals surface area contributed by atoms with Crippen molar-refractivity contribution in [3.8, 4) is 17.0 Å². The van der Waals surface area contributed by atoms with Crippen molar-refractivity contribution >= 4 is 5.69 Å². The summed E-state index contributed by atoms with van der Waals surface area (Å²) in [5.74, 6) is 0.263. The van der Waals surface area contributed by atoms with Crippen LogP contribution in [0.5, 0.6) is 5.75 Å². The number of aromatic nitrogens is 2. The smallest absolute Gasteiger partial charge is 0.147 e. The third-order valence-corrected chi connectivity index (χ3v) is 4.03. The Labute approximate surface area is 129 Å². The van der Waals surface area contributed by atoms with Crippen molar-refractivity contribution in [1.29, 1.82) is 0 Å². The van der Waals surface area contributed by atoms with E-state index in [-0.39, 0.29) is 11.9 Å². The first kappa shape index (κ1) is 13.0. The molecule has 4 nitrogen and oxygen atoms in total. The van der Waals surface area contributed by atoms with E-state index >= 15 is 0 Å². The lowest BCUT2D eigenvalue weighted by atomic mass is 10.0. The van der Waals surface area contributed by atoms with Crippen molar-refractivity contribution in [2.24, 2.45) is 0 Å². The highest BCUT2D eigenvalue weighted by atomic mass is 16.3. The molecule has 0 fully saturated rings. The quantitative estimate of drug-likeness (QED) is 0.716. The van der Waals surface area contributed by atoms with Gasteiger partial charge in [0.15, 0.2) is 0 Å². The van der Waals surface area contributed by atoms with E-state index in [0.717, 1.165) is 28.2 Å². The van der Waals surface area contributed by atoms with Crippen LogP contribution < -0.4 is 5.32 Å². The number of fused-ring (bicyclic) bond motifs is 3. The monoisotopic (exact) mass is 291 g/mol. The lowest BCUT2D eigenvalue weighted by molar-refractivity contribution is 0.472. The highest BCUT2D eigenvalue weighted by Gasteiger charge is 2.26. The van der Waals surface area contributed by atoms with Gasteiger partial charge in [-0.1, -0.05) is 23.8 Å². The molecule has 0 amide bonds. The first-order chi connectivity index (χ1) is 10.6. The topological polar surface area (TPSA) is 50.1 Å². The van der Waals surface area contributed by atoms with Gasteiger partial charge in [0.25, 0.3) is 0 Å². The van der Waals surface area contributed by atoms with Crippen molar-refractivity contribution in [1.82, 2.24) is 9.78 Å². The Morgan fingerprint density at radius 1 is 1.09 bits per heavy atom. The fourth-order valence-corrected chi connectivity index (χ4v) is 3.04. The number of benzene rings is 2. The van der Waals surface area contributed by atoms with Gasteiger partial charge in [0, 0.05) is 16.8 Å². The van der Waals surface area contributed by atoms with Crippen LogP contribution in [0.1, 0.15) is 23.0 Å². The van der Waals surface area contributed by atoms with Crippen LogP contribution in [0.4, 0.5) is 5.69 Å². The van der Waals surface area contributed by atoms with Crippen LogP contribution in [0.15, 0.2) is 48.5 Å². The van der Waals surface area contributed by atoms with Gasteiger partial charge in [0.2, 0.25) is 0 Å². The van der Waals surface area contributed by atoms with Crippen LogP contribution in [-0.4, -0.2) is 14.9 Å². The molecule has 1 aromatic heterocycles. The van der Waals surface area contributed by atoms with E-state index in [0.29, 0.717) is 0 Å². The lowest BCUT2D eigenvalue weighted by Crippen LogP contribution is -2.25. The Kier molecular flexibility index (Phi) is 2.73. The van der Waals surface area contributed by atoms with Crippen LogP contribution in [0.25, 0.3) is 11.3 Å². The Bertz CT molecular complexity index is 867. The highest BCUT2D eigenvalue weighted by molar-refractivity contribution is 5.79. The zero-order chi connectivity index (χ0) is 15.3. The zero-order valence-corrected chi connectivity index (χ0v) is 12.5.